The van der Waals surface area contributed by atoms with Gasteiger partial charge in [-0.05, 0) is 43.7 Å². The van der Waals surface area contributed by atoms with E-state index in [4.69, 9.17) is 11.6 Å². The van der Waals surface area contributed by atoms with E-state index in [0.29, 0.717) is 30.5 Å². The van der Waals surface area contributed by atoms with Gasteiger partial charge in [0.15, 0.2) is 5.82 Å². The molecule has 1 aliphatic rings. The van der Waals surface area contributed by atoms with Gasteiger partial charge in [-0.1, -0.05) is 35.4 Å². The Labute approximate surface area is 179 Å². The first-order valence-electron chi connectivity index (χ1n) is 9.26. The van der Waals surface area contributed by atoms with E-state index in [2.05, 4.69) is 47.1 Å². The van der Waals surface area contributed by atoms with Crippen molar-refractivity contribution in [3.63, 3.8) is 0 Å². The lowest BCUT2D eigenvalue weighted by Crippen LogP contribution is -2.48. The fourth-order valence-corrected chi connectivity index (χ4v) is 6.52. The van der Waals surface area contributed by atoms with Gasteiger partial charge in [-0.25, -0.2) is 8.42 Å². The maximum Gasteiger partial charge on any atom is 0.252 e. The molecule has 9 heteroatoms. The lowest BCUT2D eigenvalue weighted by Gasteiger charge is -2.34. The molecule has 29 heavy (non-hydrogen) atoms. The molecule has 2 aromatic heterocycles. The van der Waals surface area contributed by atoms with Gasteiger partial charge in [0.25, 0.3) is 10.0 Å². The fourth-order valence-electron chi connectivity index (χ4n) is 3.46. The highest BCUT2D eigenvalue weighted by molar-refractivity contribution is 7.91. The summed E-state index contributed by atoms with van der Waals surface area (Å²) in [6.07, 6.45) is 0. The molecule has 1 saturated heterocycles. The molecule has 1 aromatic carbocycles. The van der Waals surface area contributed by atoms with Gasteiger partial charge in [0.05, 0.1) is 10.0 Å². The molecule has 0 saturated carbocycles. The van der Waals surface area contributed by atoms with Gasteiger partial charge in [-0.15, -0.1) is 21.5 Å². The highest BCUT2D eigenvalue weighted by Crippen LogP contribution is 2.29. The molecule has 0 aliphatic carbocycles. The van der Waals surface area contributed by atoms with Gasteiger partial charge in [-0.3, -0.25) is 0 Å². The zero-order chi connectivity index (χ0) is 20.6. The predicted octanol–water partition coefficient (Wildman–Crippen LogP) is 3.99. The molecular weight excluding hydrogens is 428 g/mol. The Morgan fingerprint density at radius 3 is 2.31 bits per heavy atom. The molecule has 152 valence electrons. The van der Waals surface area contributed by atoms with E-state index in [-0.39, 0.29) is 4.21 Å². The number of benzene rings is 1. The Hall–Kier alpha value is -2.00. The minimum absolute atomic E-state index is 0.286. The minimum atomic E-state index is -3.49. The van der Waals surface area contributed by atoms with Crippen LogP contribution in [-0.2, 0) is 10.0 Å². The molecule has 0 amide bonds. The van der Waals surface area contributed by atoms with Gasteiger partial charge >= 0.3 is 0 Å². The Kier molecular flexibility index (Phi) is 5.61. The number of piperazine rings is 1. The normalized spacial score (nSPS) is 15.6. The summed E-state index contributed by atoms with van der Waals surface area (Å²) in [5.74, 6) is 0.759. The van der Waals surface area contributed by atoms with E-state index in [1.807, 2.05) is 12.1 Å². The monoisotopic (exact) mass is 448 g/mol. The fraction of sp³-hybridized carbons (Fsp3) is 0.300. The lowest BCUT2D eigenvalue weighted by molar-refractivity contribution is 0.384. The molecule has 0 unspecified atom stereocenters. The average Bonchev–Trinajstić information content (AvgIpc) is 3.16. The molecule has 0 radical (unpaired) electrons. The molecule has 0 atom stereocenters. The number of hydrogen-bond acceptors (Lipinski definition) is 6. The number of sulfonamides is 1. The highest BCUT2D eigenvalue weighted by atomic mass is 35.5. The van der Waals surface area contributed by atoms with Crippen LogP contribution in [0.2, 0.25) is 4.34 Å². The second kappa shape index (κ2) is 8.02. The number of hydrogen-bond donors (Lipinski definition) is 0. The van der Waals surface area contributed by atoms with Crippen molar-refractivity contribution in [1.82, 2.24) is 14.5 Å². The van der Waals surface area contributed by atoms with Crippen molar-refractivity contribution in [2.45, 2.75) is 18.1 Å². The molecule has 4 rings (SSSR count). The van der Waals surface area contributed by atoms with Gasteiger partial charge in [0.2, 0.25) is 0 Å². The summed E-state index contributed by atoms with van der Waals surface area (Å²) in [7, 11) is -3.49. The Bertz CT molecular complexity index is 1120. The van der Waals surface area contributed by atoms with Crippen molar-refractivity contribution in [3.8, 4) is 11.3 Å². The van der Waals surface area contributed by atoms with Crippen LogP contribution in [0.15, 0.2) is 46.7 Å². The first-order chi connectivity index (χ1) is 13.8. The summed E-state index contributed by atoms with van der Waals surface area (Å²) in [6, 6.07) is 13.4. The van der Waals surface area contributed by atoms with Crippen LogP contribution in [0.3, 0.4) is 0 Å². The smallest absolute Gasteiger partial charge is 0.252 e. The van der Waals surface area contributed by atoms with E-state index in [0.717, 1.165) is 28.4 Å². The van der Waals surface area contributed by atoms with Crippen molar-refractivity contribution < 1.29 is 8.42 Å². The van der Waals surface area contributed by atoms with Crippen LogP contribution in [0.4, 0.5) is 5.82 Å². The number of anilines is 1. The van der Waals surface area contributed by atoms with E-state index in [1.54, 1.807) is 12.1 Å². The standard InChI is InChI=1S/C20H21ClN4O2S2/c1-14-3-4-16(15(2)13-14)17-5-7-19(23-22-17)24-9-11-25(12-10-24)29(26,27)20-8-6-18(21)28-20/h3-8,13H,9-12H2,1-2H3. The maximum atomic E-state index is 12.7. The topological polar surface area (TPSA) is 66.4 Å². The molecule has 0 bridgehead atoms. The van der Waals surface area contributed by atoms with Gasteiger partial charge < -0.3 is 4.90 Å². The first-order valence-corrected chi connectivity index (χ1v) is 11.9. The second-order valence-corrected chi connectivity index (χ2v) is 10.9. The van der Waals surface area contributed by atoms with Crippen molar-refractivity contribution in [2.24, 2.45) is 0 Å². The van der Waals surface area contributed by atoms with Crippen LogP contribution in [0, 0.1) is 13.8 Å². The average molecular weight is 449 g/mol. The summed E-state index contributed by atoms with van der Waals surface area (Å²) in [6.45, 7) is 6.07. The first kappa shape index (κ1) is 20.3. The number of thiophene rings is 1. The molecule has 1 aliphatic heterocycles. The summed E-state index contributed by atoms with van der Waals surface area (Å²) in [5.41, 5.74) is 4.29. The zero-order valence-electron chi connectivity index (χ0n) is 16.2. The number of rotatable bonds is 4. The highest BCUT2D eigenvalue weighted by Gasteiger charge is 2.30. The third-order valence-electron chi connectivity index (χ3n) is 5.01. The third-order valence-corrected chi connectivity index (χ3v) is 8.61. The van der Waals surface area contributed by atoms with Crippen molar-refractivity contribution in [3.05, 3.63) is 57.9 Å². The number of aryl methyl sites for hydroxylation is 2. The van der Waals surface area contributed by atoms with Crippen LogP contribution < -0.4 is 4.90 Å². The van der Waals surface area contributed by atoms with Gasteiger partial charge in [-0.2, -0.15) is 4.31 Å². The summed E-state index contributed by atoms with van der Waals surface area (Å²) >= 11 is 6.98. The van der Waals surface area contributed by atoms with E-state index in [9.17, 15) is 8.42 Å². The number of aromatic nitrogens is 2. The predicted molar refractivity (Wildman–Crippen MR) is 117 cm³/mol. The molecular formula is C20H21ClN4O2S2. The lowest BCUT2D eigenvalue weighted by atomic mass is 10.0. The van der Waals surface area contributed by atoms with Gasteiger partial charge in [0.1, 0.15) is 4.21 Å². The van der Waals surface area contributed by atoms with Crippen LogP contribution in [-0.4, -0.2) is 49.1 Å². The van der Waals surface area contributed by atoms with Crippen LogP contribution in [0.25, 0.3) is 11.3 Å². The minimum Gasteiger partial charge on any atom is -0.352 e. The van der Waals surface area contributed by atoms with E-state index in [1.165, 1.54) is 15.4 Å². The molecule has 0 N–H and O–H groups in total. The molecule has 1 fully saturated rings. The number of nitrogens with zero attached hydrogens (tertiary/aromatic N) is 4. The molecule has 3 heterocycles. The summed E-state index contributed by atoms with van der Waals surface area (Å²) < 4.78 is 27.7. The van der Waals surface area contributed by atoms with Crippen LogP contribution in [0.1, 0.15) is 11.1 Å². The number of halogens is 1. The molecule has 0 spiro atoms. The van der Waals surface area contributed by atoms with Crippen LogP contribution >= 0.6 is 22.9 Å². The molecule has 3 aromatic rings. The van der Waals surface area contributed by atoms with Gasteiger partial charge in [0, 0.05) is 31.7 Å². The van der Waals surface area contributed by atoms with Crippen molar-refractivity contribution >= 4 is 38.8 Å². The van der Waals surface area contributed by atoms with E-state index >= 15 is 0 Å². The Balaban J connectivity index is 1.45. The second-order valence-electron chi connectivity index (χ2n) is 7.04. The Morgan fingerprint density at radius 2 is 1.72 bits per heavy atom. The SMILES string of the molecule is Cc1ccc(-c2ccc(N3CCN(S(=O)(=O)c4ccc(Cl)s4)CC3)nn2)c(C)c1. The maximum absolute atomic E-state index is 12.7. The van der Waals surface area contributed by atoms with E-state index < -0.39 is 10.0 Å². The summed E-state index contributed by atoms with van der Waals surface area (Å²) in [4.78, 5) is 2.06. The Morgan fingerprint density at radius 1 is 0.966 bits per heavy atom. The molecule has 6 nitrogen and oxygen atoms in total. The third kappa shape index (κ3) is 4.16. The zero-order valence-corrected chi connectivity index (χ0v) is 18.6. The van der Waals surface area contributed by atoms with Crippen molar-refractivity contribution in [1.29, 1.82) is 0 Å². The quantitative estimate of drug-likeness (QED) is 0.603. The largest absolute Gasteiger partial charge is 0.352 e. The van der Waals surface area contributed by atoms with Crippen molar-refractivity contribution in [2.75, 3.05) is 31.1 Å². The van der Waals surface area contributed by atoms with Crippen LogP contribution in [0.5, 0.6) is 0 Å². The summed E-state index contributed by atoms with van der Waals surface area (Å²) in [5, 5.41) is 8.78.